The molecule has 0 aromatic heterocycles. The number of halogens is 6. The highest BCUT2D eigenvalue weighted by Gasteiger charge is 2.48. The van der Waals surface area contributed by atoms with Crippen LogP contribution in [0.3, 0.4) is 0 Å². The van der Waals surface area contributed by atoms with Crippen molar-refractivity contribution < 1.29 is 26.3 Å². The molecule has 0 saturated carbocycles. The fraction of sp³-hybridized carbons (Fsp3) is 0.200. The summed E-state index contributed by atoms with van der Waals surface area (Å²) in [4.78, 5) is -0.309. The van der Waals surface area contributed by atoms with Gasteiger partial charge in [-0.2, -0.15) is 13.2 Å². The van der Waals surface area contributed by atoms with Crippen molar-refractivity contribution in [1.82, 2.24) is 10.3 Å². The number of anilines is 1. The van der Waals surface area contributed by atoms with E-state index in [-0.39, 0.29) is 28.2 Å². The van der Waals surface area contributed by atoms with Gasteiger partial charge in [-0.3, -0.25) is 15.3 Å². The fourth-order valence-electron chi connectivity index (χ4n) is 2.54. The van der Waals surface area contributed by atoms with Crippen LogP contribution in [0.5, 0.6) is 0 Å². The number of nitrogens with zero attached hydrogens (tertiary/aromatic N) is 2. The second-order valence-electron chi connectivity index (χ2n) is 5.21. The monoisotopic (exact) mass is 347 g/mol. The number of para-hydroxylation sites is 1. The van der Waals surface area contributed by atoms with Crippen LogP contribution in [0.15, 0.2) is 65.3 Å². The number of hydrazine groups is 1. The first kappa shape index (κ1) is 16.3. The van der Waals surface area contributed by atoms with E-state index in [1.54, 1.807) is 30.3 Å². The van der Waals surface area contributed by atoms with Gasteiger partial charge >= 0.3 is 12.5 Å². The first-order valence-corrected chi connectivity index (χ1v) is 6.79. The Hall–Kier alpha value is -2.58. The fourth-order valence-corrected chi connectivity index (χ4v) is 2.54. The van der Waals surface area contributed by atoms with Gasteiger partial charge in [-0.1, -0.05) is 18.2 Å². The Morgan fingerprint density at radius 2 is 1.58 bits per heavy atom. The lowest BCUT2D eigenvalue weighted by Gasteiger charge is -2.31. The molecule has 0 unspecified atom stereocenters. The summed E-state index contributed by atoms with van der Waals surface area (Å²) in [5.74, 6) is 0. The molecule has 1 aromatic carbocycles. The average molecular weight is 347 g/mol. The number of hydrogen-bond donors (Lipinski definition) is 1. The molecule has 2 heterocycles. The van der Waals surface area contributed by atoms with Crippen LogP contribution in [0.4, 0.5) is 32.0 Å². The Labute approximate surface area is 133 Å². The zero-order valence-corrected chi connectivity index (χ0v) is 12.2. The molecular formula is C15H11F6N3. The van der Waals surface area contributed by atoms with Crippen molar-refractivity contribution in [1.29, 1.82) is 0 Å². The summed E-state index contributed by atoms with van der Waals surface area (Å²) in [5.41, 5.74) is 1.25. The maximum atomic E-state index is 13.3. The SMILES string of the molecule is CC1=C2C(=CC(C(F)(F)F)=CN2C(F)(F)F)N(c2ccccc2)N1. The summed E-state index contributed by atoms with van der Waals surface area (Å²) >= 11 is 0. The molecule has 0 spiro atoms. The Balaban J connectivity index is 2.14. The molecule has 2 aliphatic rings. The molecule has 0 atom stereocenters. The van der Waals surface area contributed by atoms with E-state index in [1.807, 2.05) is 0 Å². The third-order valence-corrected chi connectivity index (χ3v) is 3.53. The Kier molecular flexibility index (Phi) is 3.54. The van der Waals surface area contributed by atoms with Gasteiger partial charge in [0.05, 0.1) is 28.4 Å². The van der Waals surface area contributed by atoms with Crippen LogP contribution in [0.1, 0.15) is 6.92 Å². The van der Waals surface area contributed by atoms with Crippen molar-refractivity contribution in [3.63, 3.8) is 0 Å². The maximum absolute atomic E-state index is 13.3. The van der Waals surface area contributed by atoms with Crippen LogP contribution in [-0.4, -0.2) is 17.4 Å². The van der Waals surface area contributed by atoms with Gasteiger partial charge in [0.2, 0.25) is 0 Å². The molecule has 3 rings (SSSR count). The van der Waals surface area contributed by atoms with Gasteiger partial charge in [0.15, 0.2) is 0 Å². The minimum atomic E-state index is -4.99. The molecule has 9 heteroatoms. The summed E-state index contributed by atoms with van der Waals surface area (Å²) in [6, 6.07) is 8.12. The van der Waals surface area contributed by atoms with E-state index >= 15 is 0 Å². The zero-order valence-electron chi connectivity index (χ0n) is 12.2. The van der Waals surface area contributed by atoms with Crippen LogP contribution in [-0.2, 0) is 0 Å². The summed E-state index contributed by atoms with van der Waals surface area (Å²) in [6.45, 7) is 1.37. The number of fused-ring (bicyclic) bond motifs is 1. The summed E-state index contributed by atoms with van der Waals surface area (Å²) in [5, 5.41) is 1.20. The highest BCUT2D eigenvalue weighted by molar-refractivity contribution is 5.63. The molecule has 3 nitrogen and oxygen atoms in total. The van der Waals surface area contributed by atoms with Crippen LogP contribution in [0.2, 0.25) is 0 Å². The molecule has 0 saturated heterocycles. The normalized spacial score (nSPS) is 18.3. The highest BCUT2D eigenvalue weighted by Crippen LogP contribution is 2.43. The number of hydrogen-bond acceptors (Lipinski definition) is 3. The second kappa shape index (κ2) is 5.22. The quantitative estimate of drug-likeness (QED) is 0.600. The molecule has 2 aliphatic heterocycles. The average Bonchev–Trinajstić information content (AvgIpc) is 2.83. The van der Waals surface area contributed by atoms with Gasteiger partial charge in [0.25, 0.3) is 0 Å². The van der Waals surface area contributed by atoms with Gasteiger partial charge < -0.3 is 0 Å². The predicted octanol–water partition coefficient (Wildman–Crippen LogP) is 4.41. The van der Waals surface area contributed by atoms with Crippen molar-refractivity contribution >= 4 is 5.69 Å². The summed E-state index contributed by atoms with van der Waals surface area (Å²) in [6.07, 6.45) is -9.12. The van der Waals surface area contributed by atoms with Crippen molar-refractivity contribution in [2.75, 3.05) is 5.01 Å². The minimum absolute atomic E-state index is 0.0680. The van der Waals surface area contributed by atoms with Crippen molar-refractivity contribution in [3.05, 3.63) is 65.3 Å². The molecule has 0 amide bonds. The first-order chi connectivity index (χ1) is 11.1. The van der Waals surface area contributed by atoms with Crippen molar-refractivity contribution in [2.24, 2.45) is 0 Å². The van der Waals surface area contributed by atoms with Crippen LogP contribution >= 0.6 is 0 Å². The number of rotatable bonds is 1. The smallest absolute Gasteiger partial charge is 0.296 e. The van der Waals surface area contributed by atoms with Gasteiger partial charge in [-0.25, -0.2) is 0 Å². The van der Waals surface area contributed by atoms with Gasteiger partial charge in [0.1, 0.15) is 0 Å². The molecule has 0 radical (unpaired) electrons. The Bertz CT molecular complexity index is 743. The molecule has 1 N–H and O–H groups in total. The van der Waals surface area contributed by atoms with Gasteiger partial charge in [0, 0.05) is 6.20 Å². The predicted molar refractivity (Wildman–Crippen MR) is 74.9 cm³/mol. The lowest BCUT2D eigenvalue weighted by Crippen LogP contribution is -2.38. The van der Waals surface area contributed by atoms with Gasteiger partial charge in [-0.05, 0) is 25.1 Å². The van der Waals surface area contributed by atoms with Crippen LogP contribution in [0, 0.1) is 0 Å². The Morgan fingerprint density at radius 3 is 2.12 bits per heavy atom. The van der Waals surface area contributed by atoms with E-state index in [2.05, 4.69) is 5.43 Å². The Morgan fingerprint density at radius 1 is 0.958 bits per heavy atom. The number of allylic oxidation sites excluding steroid dienone is 3. The zero-order chi connectivity index (χ0) is 17.7. The number of nitrogens with one attached hydrogen (secondary N) is 1. The van der Waals surface area contributed by atoms with Crippen LogP contribution < -0.4 is 10.4 Å². The van der Waals surface area contributed by atoms with Crippen molar-refractivity contribution in [3.8, 4) is 0 Å². The highest BCUT2D eigenvalue weighted by atomic mass is 19.4. The summed E-state index contributed by atoms with van der Waals surface area (Å²) in [7, 11) is 0. The third-order valence-electron chi connectivity index (χ3n) is 3.53. The first-order valence-electron chi connectivity index (χ1n) is 6.79. The molecule has 0 bridgehead atoms. The largest absolute Gasteiger partial charge is 0.489 e. The van der Waals surface area contributed by atoms with Crippen LogP contribution in [0.25, 0.3) is 0 Å². The minimum Gasteiger partial charge on any atom is -0.296 e. The van der Waals surface area contributed by atoms with E-state index in [9.17, 15) is 26.3 Å². The van der Waals surface area contributed by atoms with E-state index < -0.39 is 18.0 Å². The number of alkyl halides is 6. The van der Waals surface area contributed by atoms with E-state index in [4.69, 9.17) is 0 Å². The topological polar surface area (TPSA) is 18.5 Å². The molecule has 0 aliphatic carbocycles. The third kappa shape index (κ3) is 2.70. The lowest BCUT2D eigenvalue weighted by atomic mass is 10.1. The van der Waals surface area contributed by atoms with Gasteiger partial charge in [-0.15, -0.1) is 13.2 Å². The molecule has 128 valence electrons. The van der Waals surface area contributed by atoms with E-state index in [0.717, 1.165) is 0 Å². The lowest BCUT2D eigenvalue weighted by molar-refractivity contribution is -0.216. The number of benzene rings is 1. The maximum Gasteiger partial charge on any atom is 0.489 e. The summed E-state index contributed by atoms with van der Waals surface area (Å²) < 4.78 is 78.8. The standard InChI is InChI=1S/C15H11F6N3/c1-9-13-12(24(22-9)11-5-3-2-4-6-11)7-10(14(16,17)18)8-23(13)15(19,20)21/h2-8,22H,1H3. The van der Waals surface area contributed by atoms with E-state index in [1.165, 1.54) is 11.9 Å². The molecule has 24 heavy (non-hydrogen) atoms. The second-order valence-corrected chi connectivity index (χ2v) is 5.21. The molecule has 1 aromatic rings. The molecular weight excluding hydrogens is 336 g/mol. The van der Waals surface area contributed by atoms with Crippen molar-refractivity contribution in [2.45, 2.75) is 19.4 Å². The van der Waals surface area contributed by atoms with E-state index in [0.29, 0.717) is 11.8 Å². The molecule has 0 fully saturated rings.